The molecule has 3 saturated heterocycles. The number of ketones is 6. The van der Waals surface area contributed by atoms with Crippen LogP contribution in [0.5, 0.6) is 11.5 Å². The zero-order chi connectivity index (χ0) is 51.5. The van der Waals surface area contributed by atoms with Crippen molar-refractivity contribution >= 4 is 75.4 Å². The van der Waals surface area contributed by atoms with Crippen molar-refractivity contribution in [3.05, 3.63) is 174 Å². The fourth-order valence-electron chi connectivity index (χ4n) is 10.7. The number of benzene rings is 5. The van der Waals surface area contributed by atoms with Crippen LogP contribution < -0.4 is 4.90 Å². The molecule has 0 saturated carbocycles. The van der Waals surface area contributed by atoms with Crippen LogP contribution in [-0.2, 0) is 13.1 Å². The molecule has 5 aromatic rings. The van der Waals surface area contributed by atoms with Gasteiger partial charge in [0.25, 0.3) is 0 Å². The van der Waals surface area contributed by atoms with E-state index >= 15 is 0 Å². The number of hydrogen-bond acceptors (Lipinski definition) is 15. The van der Waals surface area contributed by atoms with Crippen LogP contribution in [0.2, 0.25) is 5.02 Å². The summed E-state index contributed by atoms with van der Waals surface area (Å²) in [5.41, 5.74) is 5.23. The number of carbonyl (C=O) groups excluding carboxylic acids is 6. The molecule has 0 aromatic heterocycles. The number of rotatable bonds is 10. The number of phenolic OH excluding ortho intramolecular Hbond substituents is 2. The first-order chi connectivity index (χ1) is 35.7. The lowest BCUT2D eigenvalue weighted by Crippen LogP contribution is -2.47. The Hall–Kier alpha value is -6.85. The van der Waals surface area contributed by atoms with Gasteiger partial charge >= 0.3 is 0 Å². The van der Waals surface area contributed by atoms with Gasteiger partial charge in [0.15, 0.2) is 17.3 Å². The van der Waals surface area contributed by atoms with Crippen molar-refractivity contribution in [2.24, 2.45) is 0 Å². The monoisotopic (exact) mass is 1050 g/mol. The molecule has 17 heteroatoms. The van der Waals surface area contributed by atoms with Gasteiger partial charge in [-0.05, 0) is 77.9 Å². The molecule has 3 aliphatic carbocycles. The Balaban J connectivity index is 0.727. The van der Waals surface area contributed by atoms with Crippen LogP contribution >= 0.6 is 35.0 Å². The average Bonchev–Trinajstić information content (AvgIpc) is 3.41. The molecule has 0 bridgehead atoms. The number of piperazine rings is 3. The predicted octanol–water partition coefficient (Wildman–Crippen LogP) is 7.95. The maximum atomic E-state index is 14.5. The Kier molecular flexibility index (Phi) is 13.4. The smallest absolute Gasteiger partial charge is 0.211 e. The highest BCUT2D eigenvalue weighted by atomic mass is 35.5. The van der Waals surface area contributed by atoms with Crippen molar-refractivity contribution in [3.8, 4) is 22.6 Å². The van der Waals surface area contributed by atoms with E-state index in [1.165, 1.54) is 11.8 Å². The van der Waals surface area contributed by atoms with Gasteiger partial charge < -0.3 is 29.8 Å². The van der Waals surface area contributed by atoms with Crippen LogP contribution in [0.4, 0.5) is 5.69 Å². The summed E-state index contributed by atoms with van der Waals surface area (Å²) >= 11 is 14.6. The molecule has 11 rings (SSSR count). The number of allylic oxidation sites excluding steroid dienone is 6. The summed E-state index contributed by atoms with van der Waals surface area (Å²) in [5, 5.41) is 21.6. The van der Waals surface area contributed by atoms with Crippen LogP contribution in [0.1, 0.15) is 73.3 Å². The number of hydrogen-bond donors (Lipinski definition) is 2. The standard InChI is InChI=1S/C57H50Cl2N6O8S/c1-60-17-23-65(24-18-60)50-53(70)40-29-34(9-13-39(40)54(71)57(50)74-37-5-3-2-4-6-37)32-62-21-25-63(26-22-62)48-46(58)51(68)38-14-12-36(30-41(38)52(48)69)35-10-7-33(8-11-35)31-61-19-27-64(28-20-61)49-47(59)55(72)44-42(66)15-16-43(67)45(44)56(49)73/h2-16,29-30,72-73H,17-28,31-32H2,1H3. The van der Waals surface area contributed by atoms with Gasteiger partial charge in [0.05, 0.1) is 16.0 Å². The number of fused-ring (bicyclic) bond motifs is 3. The van der Waals surface area contributed by atoms with E-state index in [1.807, 2.05) is 77.7 Å². The second-order valence-corrected chi connectivity index (χ2v) is 21.2. The Bertz CT molecular complexity index is 3320. The number of anilines is 1. The number of halogens is 2. The largest absolute Gasteiger partial charge is 0.505 e. The number of nitrogens with zero attached hydrogens (tertiary/aromatic N) is 6. The molecule has 3 aliphatic heterocycles. The highest BCUT2D eigenvalue weighted by molar-refractivity contribution is 8.04. The van der Waals surface area contributed by atoms with Crippen LogP contribution in [0.15, 0.2) is 129 Å². The number of carbonyl (C=O) groups is 6. The fourth-order valence-corrected chi connectivity index (χ4v) is 12.4. The summed E-state index contributed by atoms with van der Waals surface area (Å²) in [6.45, 7) is 8.11. The lowest BCUT2D eigenvalue weighted by atomic mass is 9.88. The molecule has 0 unspecified atom stereocenters. The van der Waals surface area contributed by atoms with E-state index in [1.54, 1.807) is 23.1 Å². The van der Waals surface area contributed by atoms with Crippen molar-refractivity contribution in [2.75, 3.05) is 90.5 Å². The average molecular weight is 1050 g/mol. The number of thioether (sulfide) groups is 1. The van der Waals surface area contributed by atoms with Gasteiger partial charge in [-0.25, -0.2) is 0 Å². The highest BCUT2D eigenvalue weighted by Crippen LogP contribution is 2.48. The van der Waals surface area contributed by atoms with E-state index in [9.17, 15) is 39.0 Å². The van der Waals surface area contributed by atoms with E-state index in [0.29, 0.717) is 106 Å². The Morgan fingerprint density at radius 2 is 1.01 bits per heavy atom. The number of aromatic hydroxyl groups is 2. The molecule has 376 valence electrons. The maximum absolute atomic E-state index is 14.5. The summed E-state index contributed by atoms with van der Waals surface area (Å²) in [6.07, 6.45) is 2.12. The molecule has 0 atom stereocenters. The number of likely N-dealkylation sites (N-methyl/N-ethyl adjacent to an activating group) is 1. The van der Waals surface area contributed by atoms with Crippen molar-refractivity contribution in [3.63, 3.8) is 0 Å². The van der Waals surface area contributed by atoms with Crippen molar-refractivity contribution < 1.29 is 39.0 Å². The fraction of sp³-hybridized carbons (Fsp3) is 0.263. The third kappa shape index (κ3) is 9.05. The van der Waals surface area contributed by atoms with E-state index in [0.717, 1.165) is 52.4 Å². The van der Waals surface area contributed by atoms with Crippen LogP contribution in [-0.4, -0.2) is 155 Å². The minimum atomic E-state index is -0.603. The zero-order valence-electron chi connectivity index (χ0n) is 40.4. The first-order valence-corrected chi connectivity index (χ1v) is 26.2. The first-order valence-electron chi connectivity index (χ1n) is 24.6. The molecule has 2 N–H and O–H groups in total. The zero-order valence-corrected chi connectivity index (χ0v) is 42.7. The van der Waals surface area contributed by atoms with Crippen molar-refractivity contribution in [1.82, 2.24) is 24.5 Å². The molecule has 0 amide bonds. The summed E-state index contributed by atoms with van der Waals surface area (Å²) in [5.74, 6) is -3.11. The van der Waals surface area contributed by atoms with Gasteiger partial charge in [-0.15, -0.1) is 0 Å². The van der Waals surface area contributed by atoms with Crippen LogP contribution in [0.25, 0.3) is 11.1 Å². The summed E-state index contributed by atoms with van der Waals surface area (Å²) < 4.78 is 0. The SMILES string of the molecule is CN1CCN(C2=C(Sc3ccccc3)C(=O)c3ccc(CN4CCN(C5=C(Cl)C(=O)c6ccc(-c7ccc(CN8CCN(c9c(O)c%10c(c(O)c9Cl)C(=O)C=CC%10=O)CC8)cc7)cc6C5=O)CC4)cc3C2=O)CC1. The van der Waals surface area contributed by atoms with Gasteiger partial charge in [-0.1, -0.05) is 89.6 Å². The summed E-state index contributed by atoms with van der Waals surface area (Å²) in [6, 6.07) is 28.5. The normalized spacial score (nSPS) is 18.9. The van der Waals surface area contributed by atoms with Crippen molar-refractivity contribution in [2.45, 2.75) is 18.0 Å². The van der Waals surface area contributed by atoms with Crippen molar-refractivity contribution in [1.29, 1.82) is 0 Å². The number of phenols is 2. The van der Waals surface area contributed by atoms with E-state index in [-0.39, 0.29) is 55.5 Å². The molecule has 74 heavy (non-hydrogen) atoms. The topological polar surface area (TPSA) is 162 Å². The Morgan fingerprint density at radius 3 is 1.68 bits per heavy atom. The Labute approximate surface area is 441 Å². The minimum Gasteiger partial charge on any atom is -0.505 e. The summed E-state index contributed by atoms with van der Waals surface area (Å²) in [4.78, 5) is 95.6. The molecule has 3 heterocycles. The van der Waals surface area contributed by atoms with E-state index < -0.39 is 28.8 Å². The predicted molar refractivity (Wildman–Crippen MR) is 284 cm³/mol. The minimum absolute atomic E-state index is 0.0921. The molecule has 14 nitrogen and oxygen atoms in total. The van der Waals surface area contributed by atoms with E-state index in [2.05, 4.69) is 26.6 Å². The second kappa shape index (κ2) is 20.1. The van der Waals surface area contributed by atoms with Gasteiger partial charge in [0.1, 0.15) is 32.9 Å². The molecular formula is C57H50Cl2N6O8S. The molecule has 0 spiro atoms. The first kappa shape index (κ1) is 49.4. The molecule has 6 aliphatic rings. The molecule has 5 aromatic carbocycles. The lowest BCUT2D eigenvalue weighted by Gasteiger charge is -2.38. The maximum Gasteiger partial charge on any atom is 0.211 e. The van der Waals surface area contributed by atoms with Crippen LogP contribution in [0.3, 0.4) is 0 Å². The third-order valence-electron chi connectivity index (χ3n) is 14.8. The van der Waals surface area contributed by atoms with Crippen LogP contribution in [0, 0.1) is 0 Å². The van der Waals surface area contributed by atoms with Gasteiger partial charge in [0, 0.05) is 119 Å². The van der Waals surface area contributed by atoms with Gasteiger partial charge in [-0.3, -0.25) is 38.6 Å². The third-order valence-corrected chi connectivity index (χ3v) is 16.6. The molecule has 3 fully saturated rings. The lowest BCUT2D eigenvalue weighted by molar-refractivity contribution is 0.0906. The van der Waals surface area contributed by atoms with Gasteiger partial charge in [-0.2, -0.15) is 0 Å². The molecular weight excluding hydrogens is 1000 g/mol. The Morgan fingerprint density at radius 1 is 0.500 bits per heavy atom. The summed E-state index contributed by atoms with van der Waals surface area (Å²) in [7, 11) is 2.06. The van der Waals surface area contributed by atoms with Gasteiger partial charge in [0.2, 0.25) is 23.1 Å². The number of Topliss-reactive ketones (excluding diaryl/α,β-unsaturated/α-hetero) is 4. The van der Waals surface area contributed by atoms with E-state index in [4.69, 9.17) is 23.2 Å². The quantitative estimate of drug-likeness (QED) is 0.130. The second-order valence-electron chi connectivity index (χ2n) is 19.4. The highest BCUT2D eigenvalue weighted by Gasteiger charge is 2.39. The molecule has 0 radical (unpaired) electrons.